The second-order valence-corrected chi connectivity index (χ2v) is 5.87. The smallest absolute Gasteiger partial charge is 0.0971 e. The lowest BCUT2D eigenvalue weighted by Gasteiger charge is -2.19. The summed E-state index contributed by atoms with van der Waals surface area (Å²) in [5.74, 6) is 0. The lowest BCUT2D eigenvalue weighted by molar-refractivity contribution is 0.597. The molecule has 0 aliphatic heterocycles. The third-order valence-corrected chi connectivity index (χ3v) is 3.34. The standard InChI is InChI=1S/C17H18N2/c1-17(2,3)15-14-11-7-8-12-19(14)18-16(15)13-9-5-4-6-10-13/h4-12H,1-3H3. The van der Waals surface area contributed by atoms with Crippen molar-refractivity contribution in [3.05, 3.63) is 60.3 Å². The summed E-state index contributed by atoms with van der Waals surface area (Å²) in [6.45, 7) is 6.72. The van der Waals surface area contributed by atoms with E-state index in [2.05, 4.69) is 57.2 Å². The van der Waals surface area contributed by atoms with Crippen LogP contribution in [0.15, 0.2) is 54.7 Å². The van der Waals surface area contributed by atoms with Crippen molar-refractivity contribution in [2.24, 2.45) is 0 Å². The van der Waals surface area contributed by atoms with Gasteiger partial charge in [0.25, 0.3) is 0 Å². The fourth-order valence-corrected chi connectivity index (χ4v) is 2.54. The molecule has 3 rings (SSSR count). The molecule has 0 aliphatic rings. The molecule has 0 saturated heterocycles. The lowest BCUT2D eigenvalue weighted by Crippen LogP contribution is -2.12. The van der Waals surface area contributed by atoms with Gasteiger partial charge in [-0.3, -0.25) is 0 Å². The van der Waals surface area contributed by atoms with E-state index in [4.69, 9.17) is 5.10 Å². The predicted molar refractivity (Wildman–Crippen MR) is 79.3 cm³/mol. The molecule has 0 radical (unpaired) electrons. The first-order chi connectivity index (χ1) is 9.07. The number of fused-ring (bicyclic) bond motifs is 1. The number of pyridine rings is 1. The highest BCUT2D eigenvalue weighted by Crippen LogP contribution is 2.35. The predicted octanol–water partition coefficient (Wildman–Crippen LogP) is 4.30. The first-order valence-corrected chi connectivity index (χ1v) is 6.60. The van der Waals surface area contributed by atoms with Crippen LogP contribution in [0.2, 0.25) is 0 Å². The Balaban J connectivity index is 2.36. The largest absolute Gasteiger partial charge is 0.240 e. The molecule has 2 heteroatoms. The molecule has 2 heterocycles. The highest BCUT2D eigenvalue weighted by Gasteiger charge is 2.24. The number of rotatable bonds is 1. The summed E-state index contributed by atoms with van der Waals surface area (Å²) < 4.78 is 1.98. The molecule has 2 nitrogen and oxygen atoms in total. The molecule has 0 aliphatic carbocycles. The van der Waals surface area contributed by atoms with Crippen molar-refractivity contribution in [3.8, 4) is 11.3 Å². The van der Waals surface area contributed by atoms with E-state index in [1.54, 1.807) is 0 Å². The van der Waals surface area contributed by atoms with Crippen LogP contribution >= 0.6 is 0 Å². The number of hydrogen-bond donors (Lipinski definition) is 0. The molecule has 1 aromatic carbocycles. The Hall–Kier alpha value is -2.09. The fraction of sp³-hybridized carbons (Fsp3) is 0.235. The van der Waals surface area contributed by atoms with E-state index in [9.17, 15) is 0 Å². The Bertz CT molecular complexity index is 703. The number of nitrogens with zero attached hydrogens (tertiary/aromatic N) is 2. The van der Waals surface area contributed by atoms with Crippen LogP contribution in [0.5, 0.6) is 0 Å². The molecule has 19 heavy (non-hydrogen) atoms. The third kappa shape index (κ3) is 2.03. The van der Waals surface area contributed by atoms with E-state index in [1.807, 2.05) is 22.8 Å². The fourth-order valence-electron chi connectivity index (χ4n) is 2.54. The second kappa shape index (κ2) is 4.23. The Morgan fingerprint density at radius 1 is 0.895 bits per heavy atom. The maximum atomic E-state index is 4.77. The van der Waals surface area contributed by atoms with Crippen molar-refractivity contribution in [1.29, 1.82) is 0 Å². The molecule has 3 aromatic rings. The lowest BCUT2D eigenvalue weighted by atomic mass is 9.84. The summed E-state index contributed by atoms with van der Waals surface area (Å²) in [5, 5.41) is 4.77. The van der Waals surface area contributed by atoms with Gasteiger partial charge in [-0.15, -0.1) is 0 Å². The Morgan fingerprint density at radius 2 is 1.58 bits per heavy atom. The van der Waals surface area contributed by atoms with Gasteiger partial charge in [-0.1, -0.05) is 57.2 Å². The number of benzene rings is 1. The summed E-state index contributed by atoms with van der Waals surface area (Å²) in [6.07, 6.45) is 2.01. The molecule has 0 atom stereocenters. The van der Waals surface area contributed by atoms with Gasteiger partial charge in [0.15, 0.2) is 0 Å². The maximum Gasteiger partial charge on any atom is 0.0971 e. The van der Waals surface area contributed by atoms with Crippen molar-refractivity contribution in [3.63, 3.8) is 0 Å². The van der Waals surface area contributed by atoms with Crippen molar-refractivity contribution in [1.82, 2.24) is 9.61 Å². The summed E-state index contributed by atoms with van der Waals surface area (Å²) in [7, 11) is 0. The van der Waals surface area contributed by atoms with E-state index in [0.717, 1.165) is 5.69 Å². The first-order valence-electron chi connectivity index (χ1n) is 6.60. The zero-order valence-electron chi connectivity index (χ0n) is 11.6. The van der Waals surface area contributed by atoms with Gasteiger partial charge in [-0.25, -0.2) is 4.52 Å². The van der Waals surface area contributed by atoms with E-state index in [1.165, 1.54) is 16.6 Å². The molecule has 0 fully saturated rings. The van der Waals surface area contributed by atoms with E-state index < -0.39 is 0 Å². The van der Waals surface area contributed by atoms with Gasteiger partial charge in [0.05, 0.1) is 11.2 Å². The van der Waals surface area contributed by atoms with Crippen LogP contribution in [-0.4, -0.2) is 9.61 Å². The molecule has 0 unspecified atom stereocenters. The highest BCUT2D eigenvalue weighted by atomic mass is 15.2. The van der Waals surface area contributed by atoms with Crippen LogP contribution in [0, 0.1) is 0 Å². The van der Waals surface area contributed by atoms with Crippen molar-refractivity contribution in [2.75, 3.05) is 0 Å². The van der Waals surface area contributed by atoms with E-state index >= 15 is 0 Å². The molecule has 0 spiro atoms. The first kappa shape index (κ1) is 12.0. The summed E-state index contributed by atoms with van der Waals surface area (Å²) in [6, 6.07) is 16.6. The van der Waals surface area contributed by atoms with Gasteiger partial charge in [0.1, 0.15) is 0 Å². The van der Waals surface area contributed by atoms with Crippen LogP contribution in [0.1, 0.15) is 26.3 Å². The number of aromatic nitrogens is 2. The Morgan fingerprint density at radius 3 is 2.26 bits per heavy atom. The summed E-state index contributed by atoms with van der Waals surface area (Å²) in [5.41, 5.74) is 4.82. The van der Waals surface area contributed by atoms with Gasteiger partial charge >= 0.3 is 0 Å². The van der Waals surface area contributed by atoms with Crippen LogP contribution in [0.25, 0.3) is 16.8 Å². The van der Waals surface area contributed by atoms with E-state index in [-0.39, 0.29) is 5.41 Å². The highest BCUT2D eigenvalue weighted by molar-refractivity contribution is 5.74. The second-order valence-electron chi connectivity index (χ2n) is 5.87. The molecule has 0 amide bonds. The monoisotopic (exact) mass is 250 g/mol. The van der Waals surface area contributed by atoms with Crippen LogP contribution < -0.4 is 0 Å². The minimum atomic E-state index is 0.0638. The van der Waals surface area contributed by atoms with Crippen LogP contribution in [0.3, 0.4) is 0 Å². The zero-order chi connectivity index (χ0) is 13.5. The average Bonchev–Trinajstić information content (AvgIpc) is 2.79. The molecular formula is C17H18N2. The topological polar surface area (TPSA) is 17.3 Å². The molecule has 2 aromatic heterocycles. The van der Waals surface area contributed by atoms with Gasteiger partial charge in [0.2, 0.25) is 0 Å². The van der Waals surface area contributed by atoms with Gasteiger partial charge < -0.3 is 0 Å². The summed E-state index contributed by atoms with van der Waals surface area (Å²) in [4.78, 5) is 0. The van der Waals surface area contributed by atoms with Crippen molar-refractivity contribution >= 4 is 5.52 Å². The normalized spacial score (nSPS) is 11.9. The van der Waals surface area contributed by atoms with Crippen molar-refractivity contribution in [2.45, 2.75) is 26.2 Å². The minimum Gasteiger partial charge on any atom is -0.240 e. The van der Waals surface area contributed by atoms with Crippen LogP contribution in [-0.2, 0) is 5.41 Å². The molecule has 96 valence electrons. The zero-order valence-corrected chi connectivity index (χ0v) is 11.6. The molecule has 0 saturated carbocycles. The van der Waals surface area contributed by atoms with Gasteiger partial charge in [0, 0.05) is 17.3 Å². The molecule has 0 N–H and O–H groups in total. The minimum absolute atomic E-state index is 0.0638. The number of hydrogen-bond acceptors (Lipinski definition) is 1. The van der Waals surface area contributed by atoms with Gasteiger partial charge in [-0.05, 0) is 17.5 Å². The Labute approximate surface area is 113 Å². The maximum absolute atomic E-state index is 4.77. The average molecular weight is 250 g/mol. The molecular weight excluding hydrogens is 232 g/mol. The van der Waals surface area contributed by atoms with Gasteiger partial charge in [-0.2, -0.15) is 5.10 Å². The SMILES string of the molecule is CC(C)(C)c1c(-c2ccccc2)nn2ccccc12. The Kier molecular flexibility index (Phi) is 2.67. The third-order valence-electron chi connectivity index (χ3n) is 3.34. The molecule has 0 bridgehead atoms. The van der Waals surface area contributed by atoms with Crippen LogP contribution in [0.4, 0.5) is 0 Å². The summed E-state index contributed by atoms with van der Waals surface area (Å²) >= 11 is 0. The van der Waals surface area contributed by atoms with Crippen molar-refractivity contribution < 1.29 is 0 Å². The quantitative estimate of drug-likeness (QED) is 0.629. The van der Waals surface area contributed by atoms with E-state index in [0.29, 0.717) is 0 Å².